The molecule has 0 spiro atoms. The minimum Gasteiger partial charge on any atom is -0.497 e. The van der Waals surface area contributed by atoms with Crippen molar-refractivity contribution >= 4 is 28.5 Å². The number of halogens is 1. The summed E-state index contributed by atoms with van der Waals surface area (Å²) < 4.78 is 7.35. The van der Waals surface area contributed by atoms with Crippen molar-refractivity contribution in [1.29, 1.82) is 0 Å². The molecule has 0 aliphatic heterocycles. The summed E-state index contributed by atoms with van der Waals surface area (Å²) in [7, 11) is 1.60. The van der Waals surface area contributed by atoms with Crippen molar-refractivity contribution in [3.05, 3.63) is 94.8 Å². The average molecular weight is 434 g/mol. The quantitative estimate of drug-likeness (QED) is 0.411. The number of imidazole rings is 1. The molecule has 1 heterocycles. The highest BCUT2D eigenvalue weighted by Gasteiger charge is 2.21. The summed E-state index contributed by atoms with van der Waals surface area (Å²) in [6.07, 6.45) is 0.714. The molecule has 0 fully saturated rings. The predicted molar refractivity (Wildman–Crippen MR) is 124 cm³/mol. The number of amides is 1. The second-order valence-electron chi connectivity index (χ2n) is 7.33. The zero-order chi connectivity index (χ0) is 21.8. The molecule has 1 N–H and O–H groups in total. The van der Waals surface area contributed by atoms with Crippen LogP contribution in [0.2, 0.25) is 5.02 Å². The lowest BCUT2D eigenvalue weighted by atomic mass is 10.1. The molecule has 1 unspecified atom stereocenters. The zero-order valence-electron chi connectivity index (χ0n) is 17.5. The number of rotatable bonds is 7. The van der Waals surface area contributed by atoms with Crippen LogP contribution in [0.4, 0.5) is 0 Å². The van der Waals surface area contributed by atoms with Crippen molar-refractivity contribution in [1.82, 2.24) is 14.9 Å². The van der Waals surface area contributed by atoms with Crippen LogP contribution in [0.5, 0.6) is 5.75 Å². The van der Waals surface area contributed by atoms with Gasteiger partial charge in [0.1, 0.15) is 11.6 Å². The normalized spacial score (nSPS) is 12.0. The fraction of sp³-hybridized carbons (Fsp3) is 0.200. The predicted octanol–water partition coefficient (Wildman–Crippen LogP) is 5.63. The second-order valence-corrected chi connectivity index (χ2v) is 7.77. The second kappa shape index (κ2) is 9.23. The van der Waals surface area contributed by atoms with E-state index in [4.69, 9.17) is 21.3 Å². The van der Waals surface area contributed by atoms with Crippen LogP contribution in [0.1, 0.15) is 41.1 Å². The number of hydrogen-bond acceptors (Lipinski definition) is 3. The van der Waals surface area contributed by atoms with Crippen molar-refractivity contribution in [2.75, 3.05) is 7.11 Å². The SMILES string of the molecule is CCC(NC(=O)c1ccc(OC)cc1)c1nc2ccccc2n1Cc1ccc(Cl)cc1. The van der Waals surface area contributed by atoms with Gasteiger partial charge in [-0.15, -0.1) is 0 Å². The minimum absolute atomic E-state index is 0.139. The van der Waals surface area contributed by atoms with E-state index in [1.54, 1.807) is 31.4 Å². The summed E-state index contributed by atoms with van der Waals surface area (Å²) in [6, 6.07) is 22.7. The van der Waals surface area contributed by atoms with Crippen molar-refractivity contribution in [2.45, 2.75) is 25.9 Å². The maximum absolute atomic E-state index is 12.9. The molecule has 31 heavy (non-hydrogen) atoms. The molecule has 0 saturated heterocycles. The van der Waals surface area contributed by atoms with E-state index < -0.39 is 0 Å². The Morgan fingerprint density at radius 3 is 2.45 bits per heavy atom. The first kappa shape index (κ1) is 20.9. The summed E-state index contributed by atoms with van der Waals surface area (Å²) in [5, 5.41) is 3.85. The standard InChI is InChI=1S/C25H24ClN3O2/c1-3-21(28-25(30)18-10-14-20(31-2)15-11-18)24-27-22-6-4-5-7-23(22)29(24)16-17-8-12-19(26)13-9-17/h4-15,21H,3,16H2,1-2H3,(H,28,30). The molecular formula is C25H24ClN3O2. The molecule has 1 atom stereocenters. The fourth-order valence-electron chi connectivity index (χ4n) is 3.63. The highest BCUT2D eigenvalue weighted by molar-refractivity contribution is 6.30. The van der Waals surface area contributed by atoms with Crippen LogP contribution in [-0.2, 0) is 6.54 Å². The van der Waals surface area contributed by atoms with Gasteiger partial charge in [0.15, 0.2) is 0 Å². The van der Waals surface area contributed by atoms with Gasteiger partial charge in [0.25, 0.3) is 5.91 Å². The minimum atomic E-state index is -0.227. The summed E-state index contributed by atoms with van der Waals surface area (Å²) in [5.41, 5.74) is 3.64. The number of methoxy groups -OCH3 is 1. The van der Waals surface area contributed by atoms with Crippen LogP contribution < -0.4 is 10.1 Å². The van der Waals surface area contributed by atoms with Crippen molar-refractivity contribution in [2.24, 2.45) is 0 Å². The Labute approximate surface area is 186 Å². The van der Waals surface area contributed by atoms with Gasteiger partial charge in [-0.3, -0.25) is 4.79 Å². The monoisotopic (exact) mass is 433 g/mol. The number of hydrogen-bond donors (Lipinski definition) is 1. The molecule has 6 heteroatoms. The molecule has 4 rings (SSSR count). The Morgan fingerprint density at radius 2 is 1.77 bits per heavy atom. The third-order valence-electron chi connectivity index (χ3n) is 5.32. The highest BCUT2D eigenvalue weighted by Crippen LogP contribution is 2.25. The molecule has 1 amide bonds. The van der Waals surface area contributed by atoms with Crippen LogP contribution in [-0.4, -0.2) is 22.6 Å². The third-order valence-corrected chi connectivity index (χ3v) is 5.57. The van der Waals surface area contributed by atoms with Crippen LogP contribution >= 0.6 is 11.6 Å². The van der Waals surface area contributed by atoms with Crippen molar-refractivity contribution < 1.29 is 9.53 Å². The lowest BCUT2D eigenvalue weighted by molar-refractivity contribution is 0.0933. The molecule has 0 radical (unpaired) electrons. The first-order chi connectivity index (χ1) is 15.1. The molecule has 5 nitrogen and oxygen atoms in total. The van der Waals surface area contributed by atoms with Crippen molar-refractivity contribution in [3.63, 3.8) is 0 Å². The maximum Gasteiger partial charge on any atom is 0.251 e. The van der Waals surface area contributed by atoms with E-state index in [9.17, 15) is 4.79 Å². The van der Waals surface area contributed by atoms with Gasteiger partial charge < -0.3 is 14.6 Å². The smallest absolute Gasteiger partial charge is 0.251 e. The number of carbonyl (C=O) groups is 1. The number of nitrogens with zero attached hydrogens (tertiary/aromatic N) is 2. The Hall–Kier alpha value is -3.31. The van der Waals surface area contributed by atoms with Gasteiger partial charge >= 0.3 is 0 Å². The maximum atomic E-state index is 12.9. The number of carbonyl (C=O) groups excluding carboxylic acids is 1. The van der Waals surface area contributed by atoms with Crippen molar-refractivity contribution in [3.8, 4) is 5.75 Å². The molecule has 158 valence electrons. The molecule has 0 aliphatic carbocycles. The van der Waals surface area contributed by atoms with Gasteiger partial charge in [0, 0.05) is 17.1 Å². The van der Waals surface area contributed by atoms with Gasteiger partial charge in [0.2, 0.25) is 0 Å². The van der Waals surface area contributed by atoms with E-state index in [1.807, 2.05) is 49.4 Å². The lowest BCUT2D eigenvalue weighted by Crippen LogP contribution is -2.30. The number of ether oxygens (including phenoxy) is 1. The van der Waals surface area contributed by atoms with Gasteiger partial charge in [-0.05, 0) is 60.5 Å². The third kappa shape index (κ3) is 4.57. The van der Waals surface area contributed by atoms with Crippen LogP contribution in [0, 0.1) is 0 Å². The molecule has 0 aliphatic rings. The number of benzene rings is 3. The molecule has 4 aromatic rings. The first-order valence-corrected chi connectivity index (χ1v) is 10.6. The van der Waals surface area contributed by atoms with Gasteiger partial charge in [0.05, 0.1) is 24.2 Å². The van der Waals surface area contributed by atoms with Crippen LogP contribution in [0.25, 0.3) is 11.0 Å². The number of nitrogens with one attached hydrogen (secondary N) is 1. The average Bonchev–Trinajstić information content (AvgIpc) is 3.17. The molecule has 0 saturated carbocycles. The molecular weight excluding hydrogens is 410 g/mol. The van der Waals surface area contributed by atoms with E-state index in [0.717, 1.165) is 22.4 Å². The van der Waals surface area contributed by atoms with E-state index in [1.165, 1.54) is 0 Å². The first-order valence-electron chi connectivity index (χ1n) is 10.2. The fourth-order valence-corrected chi connectivity index (χ4v) is 3.76. The van der Waals surface area contributed by atoms with E-state index in [-0.39, 0.29) is 11.9 Å². The summed E-state index contributed by atoms with van der Waals surface area (Å²) in [5.74, 6) is 1.41. The zero-order valence-corrected chi connectivity index (χ0v) is 18.3. The highest BCUT2D eigenvalue weighted by atomic mass is 35.5. The van der Waals surface area contributed by atoms with Gasteiger partial charge in [-0.1, -0.05) is 42.8 Å². The van der Waals surface area contributed by atoms with Gasteiger partial charge in [-0.2, -0.15) is 0 Å². The van der Waals surface area contributed by atoms with E-state index in [2.05, 4.69) is 16.0 Å². The number of aromatic nitrogens is 2. The number of fused-ring (bicyclic) bond motifs is 1. The Bertz CT molecular complexity index is 1180. The lowest BCUT2D eigenvalue weighted by Gasteiger charge is -2.19. The Morgan fingerprint density at radius 1 is 1.06 bits per heavy atom. The van der Waals surface area contributed by atoms with E-state index in [0.29, 0.717) is 29.3 Å². The van der Waals surface area contributed by atoms with E-state index >= 15 is 0 Å². The topological polar surface area (TPSA) is 56.1 Å². The largest absolute Gasteiger partial charge is 0.497 e. The molecule has 0 bridgehead atoms. The Balaban J connectivity index is 1.67. The molecule has 1 aromatic heterocycles. The van der Waals surface area contributed by atoms with Gasteiger partial charge in [-0.25, -0.2) is 4.98 Å². The van der Waals surface area contributed by atoms with Crippen LogP contribution in [0.15, 0.2) is 72.8 Å². The van der Waals surface area contributed by atoms with Crippen LogP contribution in [0.3, 0.4) is 0 Å². The summed E-state index contributed by atoms with van der Waals surface area (Å²) in [4.78, 5) is 17.8. The number of para-hydroxylation sites is 2. The summed E-state index contributed by atoms with van der Waals surface area (Å²) >= 11 is 6.05. The summed E-state index contributed by atoms with van der Waals surface area (Å²) in [6.45, 7) is 2.69. The molecule has 3 aromatic carbocycles. The Kier molecular flexibility index (Phi) is 6.23.